The number of hydrogen-bond acceptors (Lipinski definition) is 4. The van der Waals surface area contributed by atoms with Gasteiger partial charge in [0.25, 0.3) is 5.91 Å². The predicted molar refractivity (Wildman–Crippen MR) is 97.8 cm³/mol. The third kappa shape index (κ3) is 4.53. The molecule has 2 aromatic rings. The molecule has 2 rings (SSSR count). The van der Waals surface area contributed by atoms with E-state index in [0.717, 1.165) is 5.56 Å². The van der Waals surface area contributed by atoms with E-state index >= 15 is 0 Å². The van der Waals surface area contributed by atoms with E-state index in [4.69, 9.17) is 9.47 Å². The fraction of sp³-hybridized carbons (Fsp3) is 0.300. The van der Waals surface area contributed by atoms with Crippen LogP contribution in [0.2, 0.25) is 0 Å². The Morgan fingerprint density at radius 1 is 1.12 bits per heavy atom. The molecule has 0 aliphatic heterocycles. The molecule has 0 saturated carbocycles. The van der Waals surface area contributed by atoms with Crippen molar-refractivity contribution in [1.82, 2.24) is 5.32 Å². The van der Waals surface area contributed by atoms with Crippen molar-refractivity contribution < 1.29 is 24.2 Å². The van der Waals surface area contributed by atoms with Crippen molar-refractivity contribution in [2.75, 3.05) is 14.2 Å². The monoisotopic (exact) mass is 357 g/mol. The van der Waals surface area contributed by atoms with Gasteiger partial charge >= 0.3 is 5.97 Å². The van der Waals surface area contributed by atoms with Crippen LogP contribution in [0.3, 0.4) is 0 Å². The Morgan fingerprint density at radius 3 is 2.46 bits per heavy atom. The molecule has 0 aromatic heterocycles. The molecule has 1 atom stereocenters. The van der Waals surface area contributed by atoms with Gasteiger partial charge in [0.2, 0.25) is 0 Å². The van der Waals surface area contributed by atoms with Crippen LogP contribution >= 0.6 is 0 Å². The first kappa shape index (κ1) is 19.3. The maximum Gasteiger partial charge on any atom is 0.305 e. The molecule has 0 bridgehead atoms. The van der Waals surface area contributed by atoms with E-state index in [1.165, 1.54) is 14.2 Å². The quantitative estimate of drug-likeness (QED) is 0.758. The molecule has 0 aliphatic rings. The minimum atomic E-state index is -1.02. The first-order valence-electron chi connectivity index (χ1n) is 8.32. The van der Waals surface area contributed by atoms with Gasteiger partial charge in [-0.3, -0.25) is 9.59 Å². The number of methoxy groups -OCH3 is 2. The fourth-order valence-electron chi connectivity index (χ4n) is 2.81. The summed E-state index contributed by atoms with van der Waals surface area (Å²) in [6.07, 6.45) is 0.446. The number of carbonyl (C=O) groups excluding carboxylic acids is 1. The molecule has 0 saturated heterocycles. The topological polar surface area (TPSA) is 84.9 Å². The summed E-state index contributed by atoms with van der Waals surface area (Å²) in [7, 11) is 3.02. The van der Waals surface area contributed by atoms with Crippen LogP contribution in [0.25, 0.3) is 0 Å². The Morgan fingerprint density at radius 2 is 1.85 bits per heavy atom. The highest BCUT2D eigenvalue weighted by atomic mass is 16.5. The molecule has 0 heterocycles. The third-order valence-electron chi connectivity index (χ3n) is 4.14. The number of ether oxygens (including phenoxy) is 2. The van der Waals surface area contributed by atoms with Crippen molar-refractivity contribution >= 4 is 11.9 Å². The van der Waals surface area contributed by atoms with Crippen LogP contribution in [-0.4, -0.2) is 31.2 Å². The minimum Gasteiger partial charge on any atom is -0.497 e. The second-order valence-electron chi connectivity index (χ2n) is 5.74. The molecule has 1 amide bonds. The minimum absolute atomic E-state index is 0.261. The zero-order valence-corrected chi connectivity index (χ0v) is 15.1. The number of carboxylic acid groups (broad SMARTS) is 1. The highest BCUT2D eigenvalue weighted by molar-refractivity contribution is 5.96. The molecule has 1 unspecified atom stereocenters. The molecule has 6 heteroatoms. The molecule has 0 aliphatic carbocycles. The van der Waals surface area contributed by atoms with E-state index in [0.29, 0.717) is 29.0 Å². The summed E-state index contributed by atoms with van der Waals surface area (Å²) >= 11 is 0. The summed E-state index contributed by atoms with van der Waals surface area (Å²) in [4.78, 5) is 24.1. The van der Waals surface area contributed by atoms with Gasteiger partial charge in [-0.1, -0.05) is 25.1 Å². The normalized spacial score (nSPS) is 11.5. The summed E-state index contributed by atoms with van der Waals surface area (Å²) < 4.78 is 10.5. The summed E-state index contributed by atoms with van der Waals surface area (Å²) in [6, 6.07) is 11.6. The van der Waals surface area contributed by atoms with E-state index < -0.39 is 12.0 Å². The lowest BCUT2D eigenvalue weighted by Gasteiger charge is -2.21. The zero-order valence-electron chi connectivity index (χ0n) is 15.1. The number of nitrogens with one attached hydrogen (secondary N) is 1. The van der Waals surface area contributed by atoms with E-state index in [1.54, 1.807) is 30.3 Å². The molecule has 6 nitrogen and oxygen atoms in total. The van der Waals surface area contributed by atoms with Crippen molar-refractivity contribution in [1.29, 1.82) is 0 Å². The Labute approximate surface area is 152 Å². The van der Waals surface area contributed by atoms with E-state index in [-0.39, 0.29) is 12.3 Å². The second-order valence-corrected chi connectivity index (χ2v) is 5.74. The van der Waals surface area contributed by atoms with Gasteiger partial charge in [0.05, 0.1) is 26.7 Å². The number of hydrogen-bond donors (Lipinski definition) is 2. The standard InChI is InChI=1S/C20H23NO5/c1-4-13-7-5-6-8-15(13)20(24)21-17(12-19(22)23)16-10-9-14(25-2)11-18(16)26-3/h5-11,17H,4,12H2,1-3H3,(H,21,24)(H,22,23). The molecular formula is C20H23NO5. The highest BCUT2D eigenvalue weighted by Crippen LogP contribution is 2.31. The Hall–Kier alpha value is -3.02. The van der Waals surface area contributed by atoms with Crippen molar-refractivity contribution in [3.63, 3.8) is 0 Å². The molecule has 0 spiro atoms. The van der Waals surface area contributed by atoms with Crippen LogP contribution in [0, 0.1) is 0 Å². The number of benzene rings is 2. The molecule has 138 valence electrons. The third-order valence-corrected chi connectivity index (χ3v) is 4.14. The van der Waals surface area contributed by atoms with Crippen LogP contribution in [0.4, 0.5) is 0 Å². The Kier molecular flexibility index (Phi) is 6.60. The van der Waals surface area contributed by atoms with Crippen LogP contribution in [-0.2, 0) is 11.2 Å². The van der Waals surface area contributed by atoms with Gasteiger partial charge in [-0.25, -0.2) is 0 Å². The van der Waals surface area contributed by atoms with Gasteiger partial charge in [0, 0.05) is 17.2 Å². The SMILES string of the molecule is CCc1ccccc1C(=O)NC(CC(=O)O)c1ccc(OC)cc1OC. The molecule has 2 N–H and O–H groups in total. The number of carboxylic acids is 1. The summed E-state index contributed by atoms with van der Waals surface area (Å²) in [6.45, 7) is 1.97. The summed E-state index contributed by atoms with van der Waals surface area (Å²) in [5.41, 5.74) is 2.02. The van der Waals surface area contributed by atoms with Gasteiger partial charge in [-0.2, -0.15) is 0 Å². The lowest BCUT2D eigenvalue weighted by Crippen LogP contribution is -2.31. The lowest BCUT2D eigenvalue weighted by atomic mass is 10.00. The van der Waals surface area contributed by atoms with Gasteiger partial charge in [0.15, 0.2) is 0 Å². The number of carbonyl (C=O) groups is 2. The first-order chi connectivity index (χ1) is 12.5. The number of aryl methyl sites for hydroxylation is 1. The van der Waals surface area contributed by atoms with E-state index in [9.17, 15) is 14.7 Å². The Bertz CT molecular complexity index is 788. The smallest absolute Gasteiger partial charge is 0.305 e. The predicted octanol–water partition coefficient (Wildman–Crippen LogP) is 3.21. The average molecular weight is 357 g/mol. The Balaban J connectivity index is 2.36. The van der Waals surface area contributed by atoms with Crippen molar-refractivity contribution in [3.05, 3.63) is 59.2 Å². The number of amides is 1. The maximum atomic E-state index is 12.7. The molecule has 0 fully saturated rings. The van der Waals surface area contributed by atoms with Gasteiger partial charge in [-0.05, 0) is 30.2 Å². The summed E-state index contributed by atoms with van der Waals surface area (Å²) in [5.74, 6) is -0.287. The van der Waals surface area contributed by atoms with Gasteiger partial charge in [0.1, 0.15) is 11.5 Å². The van der Waals surface area contributed by atoms with Crippen LogP contribution in [0.5, 0.6) is 11.5 Å². The van der Waals surface area contributed by atoms with Gasteiger partial charge < -0.3 is 19.9 Å². The summed E-state index contributed by atoms with van der Waals surface area (Å²) in [5, 5.41) is 12.1. The van der Waals surface area contributed by atoms with Crippen LogP contribution in [0.1, 0.15) is 40.9 Å². The highest BCUT2D eigenvalue weighted by Gasteiger charge is 2.23. The maximum absolute atomic E-state index is 12.7. The average Bonchev–Trinajstić information content (AvgIpc) is 2.66. The molecule has 26 heavy (non-hydrogen) atoms. The van der Waals surface area contributed by atoms with Crippen molar-refractivity contribution in [2.45, 2.75) is 25.8 Å². The van der Waals surface area contributed by atoms with Crippen LogP contribution < -0.4 is 14.8 Å². The molecule has 0 radical (unpaired) electrons. The van der Waals surface area contributed by atoms with E-state index in [2.05, 4.69) is 5.32 Å². The fourth-order valence-corrected chi connectivity index (χ4v) is 2.81. The van der Waals surface area contributed by atoms with Crippen molar-refractivity contribution in [3.8, 4) is 11.5 Å². The van der Waals surface area contributed by atoms with Crippen molar-refractivity contribution in [2.24, 2.45) is 0 Å². The first-order valence-corrected chi connectivity index (χ1v) is 8.32. The molecule has 2 aromatic carbocycles. The second kappa shape index (κ2) is 8.89. The van der Waals surface area contributed by atoms with E-state index in [1.807, 2.05) is 19.1 Å². The number of rotatable bonds is 8. The van der Waals surface area contributed by atoms with Crippen LogP contribution in [0.15, 0.2) is 42.5 Å². The molecular weight excluding hydrogens is 334 g/mol. The largest absolute Gasteiger partial charge is 0.497 e. The van der Waals surface area contributed by atoms with Gasteiger partial charge in [-0.15, -0.1) is 0 Å². The lowest BCUT2D eigenvalue weighted by molar-refractivity contribution is -0.137. The zero-order chi connectivity index (χ0) is 19.1. The number of aliphatic carboxylic acids is 1.